The van der Waals surface area contributed by atoms with E-state index in [1.807, 2.05) is 23.1 Å². The molecule has 0 aromatic heterocycles. The predicted octanol–water partition coefficient (Wildman–Crippen LogP) is 6.22. The molecule has 0 saturated heterocycles. The number of hydrogen-bond acceptors (Lipinski definition) is 3. The van der Waals surface area contributed by atoms with Crippen molar-refractivity contribution in [2.24, 2.45) is 0 Å². The summed E-state index contributed by atoms with van der Waals surface area (Å²) in [6.07, 6.45) is 1.24. The molecule has 4 heteroatoms. The number of rotatable bonds is 11. The summed E-state index contributed by atoms with van der Waals surface area (Å²) in [5.41, 5.74) is 3.04. The van der Waals surface area contributed by atoms with Crippen molar-refractivity contribution in [1.82, 2.24) is 9.80 Å². The Bertz CT molecular complexity index is 858. The zero-order valence-corrected chi connectivity index (χ0v) is 21.9. The fraction of sp³-hybridized carbons (Fsp3) is 0.552. The molecule has 1 atom stereocenters. The number of amides is 1. The van der Waals surface area contributed by atoms with Crippen molar-refractivity contribution in [2.45, 2.75) is 98.3 Å². The Morgan fingerprint density at radius 2 is 1.39 bits per heavy atom. The lowest BCUT2D eigenvalue weighted by atomic mass is 9.86. The highest BCUT2D eigenvalue weighted by Crippen LogP contribution is 2.35. The molecule has 4 nitrogen and oxygen atoms in total. The monoisotopic (exact) mass is 452 g/mol. The van der Waals surface area contributed by atoms with Crippen LogP contribution in [-0.2, 0) is 11.2 Å². The quantitative estimate of drug-likeness (QED) is 0.440. The van der Waals surface area contributed by atoms with E-state index in [-0.39, 0.29) is 23.9 Å². The molecule has 182 valence electrons. The second kappa shape index (κ2) is 12.2. The summed E-state index contributed by atoms with van der Waals surface area (Å²) in [6, 6.07) is 17.3. The van der Waals surface area contributed by atoms with Gasteiger partial charge in [0.05, 0.1) is 6.42 Å². The number of benzene rings is 2. The van der Waals surface area contributed by atoms with Crippen molar-refractivity contribution < 1.29 is 9.90 Å². The molecule has 0 heterocycles. The first kappa shape index (κ1) is 26.9. The molecular formula is C29H44N2O2. The molecule has 0 saturated carbocycles. The second-order valence-corrected chi connectivity index (χ2v) is 10.2. The van der Waals surface area contributed by atoms with E-state index in [0.29, 0.717) is 24.3 Å². The van der Waals surface area contributed by atoms with Crippen LogP contribution >= 0.6 is 0 Å². The second-order valence-electron chi connectivity index (χ2n) is 10.2. The summed E-state index contributed by atoms with van der Waals surface area (Å²) >= 11 is 0. The van der Waals surface area contributed by atoms with Gasteiger partial charge in [-0.1, -0.05) is 42.5 Å². The highest BCUT2D eigenvalue weighted by atomic mass is 16.3. The van der Waals surface area contributed by atoms with Crippen LogP contribution in [0.1, 0.15) is 84.4 Å². The first-order valence-corrected chi connectivity index (χ1v) is 12.5. The van der Waals surface area contributed by atoms with Gasteiger partial charge in [-0.2, -0.15) is 0 Å². The van der Waals surface area contributed by atoms with Crippen molar-refractivity contribution in [3.05, 3.63) is 65.2 Å². The van der Waals surface area contributed by atoms with Gasteiger partial charge in [-0.25, -0.2) is 0 Å². The van der Waals surface area contributed by atoms with Crippen LogP contribution < -0.4 is 0 Å². The molecular weight excluding hydrogens is 408 g/mol. The maximum Gasteiger partial charge on any atom is 0.227 e. The number of nitrogens with zero attached hydrogens (tertiary/aromatic N) is 2. The summed E-state index contributed by atoms with van der Waals surface area (Å²) in [7, 11) is 0. The van der Waals surface area contributed by atoms with Crippen molar-refractivity contribution >= 4 is 5.91 Å². The van der Waals surface area contributed by atoms with Gasteiger partial charge >= 0.3 is 0 Å². The lowest BCUT2D eigenvalue weighted by Gasteiger charge is -2.32. The highest BCUT2D eigenvalue weighted by Gasteiger charge is 2.24. The summed E-state index contributed by atoms with van der Waals surface area (Å²) < 4.78 is 0. The Labute approximate surface area is 201 Å². The SMILES string of the molecule is CC(C)N(CCC(c1ccccc1)c1cc(CC(=O)N(C(C)C)C(C)C)ccc1O)C(C)C. The molecule has 33 heavy (non-hydrogen) atoms. The third kappa shape index (κ3) is 7.33. The summed E-state index contributed by atoms with van der Waals surface area (Å²) in [4.78, 5) is 17.5. The molecule has 2 rings (SSSR count). The number of carbonyl (C=O) groups is 1. The van der Waals surface area contributed by atoms with Gasteiger partial charge in [-0.15, -0.1) is 0 Å². The zero-order chi connectivity index (χ0) is 24.7. The average Bonchev–Trinajstić information content (AvgIpc) is 2.72. The van der Waals surface area contributed by atoms with Gasteiger partial charge in [-0.05, 0) is 85.5 Å². The third-order valence-corrected chi connectivity index (χ3v) is 6.43. The van der Waals surface area contributed by atoms with E-state index in [4.69, 9.17) is 0 Å². The van der Waals surface area contributed by atoms with Crippen LogP contribution in [0.15, 0.2) is 48.5 Å². The van der Waals surface area contributed by atoms with Crippen LogP contribution in [0.25, 0.3) is 0 Å². The minimum atomic E-state index is 0.0625. The molecule has 0 radical (unpaired) electrons. The lowest BCUT2D eigenvalue weighted by molar-refractivity contribution is -0.134. The standard InChI is InChI=1S/C29H44N2O2/c1-20(2)30(21(3)4)17-16-26(25-12-10-9-11-13-25)27-18-24(14-15-28(27)32)19-29(33)31(22(5)6)23(7)8/h9-15,18,20-23,26,32H,16-17,19H2,1-8H3. The molecule has 0 spiro atoms. The molecule has 0 aliphatic carbocycles. The van der Waals surface area contributed by atoms with Crippen LogP contribution in [0, 0.1) is 0 Å². The van der Waals surface area contributed by atoms with Gasteiger partial charge in [0.2, 0.25) is 5.91 Å². The number of phenols is 1. The molecule has 1 unspecified atom stereocenters. The fourth-order valence-corrected chi connectivity index (χ4v) is 5.01. The van der Waals surface area contributed by atoms with Crippen LogP contribution in [0.3, 0.4) is 0 Å². The Balaban J connectivity index is 2.38. The number of hydrogen-bond donors (Lipinski definition) is 1. The minimum absolute atomic E-state index is 0.0625. The van der Waals surface area contributed by atoms with Crippen molar-refractivity contribution in [3.8, 4) is 5.75 Å². The van der Waals surface area contributed by atoms with Crippen LogP contribution in [0.4, 0.5) is 0 Å². The summed E-state index contributed by atoms with van der Waals surface area (Å²) in [5.74, 6) is 0.483. The van der Waals surface area contributed by atoms with E-state index >= 15 is 0 Å². The lowest BCUT2D eigenvalue weighted by Crippen LogP contribution is -2.42. The van der Waals surface area contributed by atoms with Crippen molar-refractivity contribution in [3.63, 3.8) is 0 Å². The molecule has 0 fully saturated rings. The number of aromatic hydroxyl groups is 1. The molecule has 1 amide bonds. The largest absolute Gasteiger partial charge is 0.508 e. The highest BCUT2D eigenvalue weighted by molar-refractivity contribution is 5.79. The van der Waals surface area contributed by atoms with Gasteiger partial charge in [0, 0.05) is 35.6 Å². The molecule has 2 aromatic rings. The number of carbonyl (C=O) groups excluding carboxylic acids is 1. The van der Waals surface area contributed by atoms with Gasteiger partial charge in [0.25, 0.3) is 0 Å². The Hall–Kier alpha value is -2.33. The molecule has 2 aromatic carbocycles. The van der Waals surface area contributed by atoms with Gasteiger partial charge in [0.1, 0.15) is 5.75 Å². The van der Waals surface area contributed by atoms with E-state index < -0.39 is 0 Å². The maximum absolute atomic E-state index is 13.1. The molecule has 0 aliphatic rings. The van der Waals surface area contributed by atoms with Gasteiger partial charge in [-0.3, -0.25) is 9.69 Å². The van der Waals surface area contributed by atoms with E-state index in [0.717, 1.165) is 24.1 Å². The molecule has 0 bridgehead atoms. The summed E-state index contributed by atoms with van der Waals surface area (Å²) in [5, 5.41) is 10.9. The van der Waals surface area contributed by atoms with Crippen molar-refractivity contribution in [2.75, 3.05) is 6.54 Å². The maximum atomic E-state index is 13.1. The smallest absolute Gasteiger partial charge is 0.227 e. The fourth-order valence-electron chi connectivity index (χ4n) is 5.01. The first-order chi connectivity index (χ1) is 15.5. The zero-order valence-electron chi connectivity index (χ0n) is 21.9. The summed E-state index contributed by atoms with van der Waals surface area (Å²) in [6.45, 7) is 18.1. The average molecular weight is 453 g/mol. The van der Waals surface area contributed by atoms with E-state index in [9.17, 15) is 9.90 Å². The Kier molecular flexibility index (Phi) is 9.97. The molecule has 0 aliphatic heterocycles. The van der Waals surface area contributed by atoms with Crippen LogP contribution in [-0.4, -0.2) is 51.5 Å². The first-order valence-electron chi connectivity index (χ1n) is 12.5. The Morgan fingerprint density at radius 1 is 0.818 bits per heavy atom. The minimum Gasteiger partial charge on any atom is -0.508 e. The van der Waals surface area contributed by atoms with E-state index in [1.165, 1.54) is 5.56 Å². The normalized spacial score (nSPS) is 12.9. The van der Waals surface area contributed by atoms with Gasteiger partial charge in [0.15, 0.2) is 0 Å². The number of phenolic OH excluding ortho intramolecular Hbond substituents is 1. The van der Waals surface area contributed by atoms with Crippen LogP contribution in [0.2, 0.25) is 0 Å². The van der Waals surface area contributed by atoms with Crippen molar-refractivity contribution in [1.29, 1.82) is 0 Å². The van der Waals surface area contributed by atoms with E-state index in [1.54, 1.807) is 6.07 Å². The van der Waals surface area contributed by atoms with Gasteiger partial charge < -0.3 is 10.0 Å². The van der Waals surface area contributed by atoms with Crippen LogP contribution in [0.5, 0.6) is 5.75 Å². The third-order valence-electron chi connectivity index (χ3n) is 6.43. The Morgan fingerprint density at radius 3 is 1.91 bits per heavy atom. The predicted molar refractivity (Wildman–Crippen MR) is 139 cm³/mol. The van der Waals surface area contributed by atoms with E-state index in [2.05, 4.69) is 84.6 Å². The molecule has 1 N–H and O–H groups in total. The topological polar surface area (TPSA) is 43.8 Å².